The van der Waals surface area contributed by atoms with Crippen LogP contribution in [0.2, 0.25) is 0 Å². The summed E-state index contributed by atoms with van der Waals surface area (Å²) in [4.78, 5) is 11.9. The van der Waals surface area contributed by atoms with Gasteiger partial charge >= 0.3 is 0 Å². The molecule has 0 spiro atoms. The summed E-state index contributed by atoms with van der Waals surface area (Å²) in [7, 11) is 0. The van der Waals surface area contributed by atoms with Gasteiger partial charge < -0.3 is 0 Å². The van der Waals surface area contributed by atoms with E-state index in [1.807, 2.05) is 0 Å². The van der Waals surface area contributed by atoms with Gasteiger partial charge in [0.2, 0.25) is 0 Å². The van der Waals surface area contributed by atoms with E-state index in [0.29, 0.717) is 17.1 Å². The first kappa shape index (κ1) is 13.8. The van der Waals surface area contributed by atoms with Crippen molar-refractivity contribution in [2.75, 3.05) is 0 Å². The number of carbonyl (C=O) groups is 1. The molecule has 0 N–H and O–H groups in total. The van der Waals surface area contributed by atoms with Crippen LogP contribution in [0.4, 0.5) is 0 Å². The fraction of sp³-hybridized carbons (Fsp3) is 0.824. The van der Waals surface area contributed by atoms with Gasteiger partial charge in [-0.2, -0.15) is 0 Å². The number of fused-ring (bicyclic) bond motifs is 2. The van der Waals surface area contributed by atoms with E-state index in [-0.39, 0.29) is 0 Å². The number of hydrogen-bond donors (Lipinski definition) is 0. The van der Waals surface area contributed by atoms with E-state index < -0.39 is 0 Å². The number of carbonyl (C=O) groups excluding carboxylic acids is 1. The molecule has 0 unspecified atom stereocenters. The van der Waals surface area contributed by atoms with Crippen molar-refractivity contribution in [2.45, 2.75) is 66.7 Å². The third kappa shape index (κ3) is 2.29. The molecule has 18 heavy (non-hydrogen) atoms. The Labute approximate surface area is 112 Å². The largest absolute Gasteiger partial charge is 0.295 e. The molecule has 0 aromatic heterocycles. The molecule has 0 amide bonds. The van der Waals surface area contributed by atoms with E-state index in [0.717, 1.165) is 23.8 Å². The highest BCUT2D eigenvalue weighted by Gasteiger charge is 2.43. The topological polar surface area (TPSA) is 17.1 Å². The fourth-order valence-electron chi connectivity index (χ4n) is 4.40. The van der Waals surface area contributed by atoms with Crippen LogP contribution >= 0.6 is 0 Å². The van der Waals surface area contributed by atoms with Gasteiger partial charge in [0.1, 0.15) is 0 Å². The van der Waals surface area contributed by atoms with Gasteiger partial charge in [-0.25, -0.2) is 0 Å². The minimum absolute atomic E-state index is 0.308. The van der Waals surface area contributed by atoms with Gasteiger partial charge in [0, 0.05) is 0 Å². The molecular formula is C17H28O. The van der Waals surface area contributed by atoms with E-state index in [1.54, 1.807) is 6.92 Å². The first-order chi connectivity index (χ1) is 8.34. The maximum atomic E-state index is 11.9. The van der Waals surface area contributed by atoms with Crippen LogP contribution in [0.25, 0.3) is 0 Å². The summed E-state index contributed by atoms with van der Waals surface area (Å²) in [5, 5.41) is 0. The summed E-state index contributed by atoms with van der Waals surface area (Å²) in [6.45, 7) is 11.2. The van der Waals surface area contributed by atoms with Crippen molar-refractivity contribution in [2.24, 2.45) is 23.2 Å². The monoisotopic (exact) mass is 248 g/mol. The van der Waals surface area contributed by atoms with Crippen LogP contribution in [0.3, 0.4) is 0 Å². The second-order valence-electron chi connectivity index (χ2n) is 7.25. The predicted octanol–water partition coefficient (Wildman–Crippen LogP) is 4.76. The predicted molar refractivity (Wildman–Crippen MR) is 76.4 cm³/mol. The molecule has 1 fully saturated rings. The molecule has 0 saturated heterocycles. The average molecular weight is 248 g/mol. The molecule has 1 saturated carbocycles. The summed E-state index contributed by atoms with van der Waals surface area (Å²) in [5.41, 5.74) is 2.92. The molecule has 0 aromatic carbocycles. The molecule has 1 nitrogen and oxygen atoms in total. The van der Waals surface area contributed by atoms with Gasteiger partial charge in [0.05, 0.1) is 0 Å². The lowest BCUT2D eigenvalue weighted by Gasteiger charge is -2.39. The van der Waals surface area contributed by atoms with Crippen molar-refractivity contribution < 1.29 is 4.79 Å². The highest BCUT2D eigenvalue weighted by Crippen LogP contribution is 2.52. The molecule has 2 aliphatic carbocycles. The summed E-state index contributed by atoms with van der Waals surface area (Å²) >= 11 is 0. The summed E-state index contributed by atoms with van der Waals surface area (Å²) in [5.74, 6) is 2.52. The number of allylic oxidation sites excluding steroid dienone is 2. The van der Waals surface area contributed by atoms with Crippen molar-refractivity contribution in [1.82, 2.24) is 0 Å². The molecule has 102 valence electrons. The number of rotatable bonds is 1. The smallest absolute Gasteiger partial charge is 0.155 e. The van der Waals surface area contributed by atoms with Crippen molar-refractivity contribution >= 4 is 5.78 Å². The van der Waals surface area contributed by atoms with Gasteiger partial charge in [-0.1, -0.05) is 32.8 Å². The number of hydrogen-bond acceptors (Lipinski definition) is 1. The Balaban J connectivity index is 2.46. The highest BCUT2D eigenvalue weighted by atomic mass is 16.1. The lowest BCUT2D eigenvalue weighted by Crippen LogP contribution is -2.31. The van der Waals surface area contributed by atoms with E-state index in [9.17, 15) is 4.79 Å². The quantitative estimate of drug-likeness (QED) is 0.653. The third-order valence-electron chi connectivity index (χ3n) is 5.76. The number of ketones is 1. The van der Waals surface area contributed by atoms with Crippen molar-refractivity contribution in [3.63, 3.8) is 0 Å². The van der Waals surface area contributed by atoms with Crippen molar-refractivity contribution in [1.29, 1.82) is 0 Å². The Morgan fingerprint density at radius 1 is 1.22 bits per heavy atom. The first-order valence-electron chi connectivity index (χ1n) is 7.54. The van der Waals surface area contributed by atoms with Crippen LogP contribution in [0.15, 0.2) is 11.1 Å². The minimum atomic E-state index is 0.308. The molecule has 2 aliphatic rings. The zero-order valence-electron chi connectivity index (χ0n) is 12.7. The highest BCUT2D eigenvalue weighted by molar-refractivity contribution is 5.94. The van der Waals surface area contributed by atoms with Crippen LogP contribution in [0.5, 0.6) is 0 Å². The maximum Gasteiger partial charge on any atom is 0.155 e. The normalized spacial score (nSPS) is 35.9. The molecule has 2 bridgehead atoms. The SMILES string of the molecule is CC(=O)C1=C(C)[C@@H]2C[C@H](C)CC[C@H](CC1)C2(C)C. The molecular weight excluding hydrogens is 220 g/mol. The second-order valence-corrected chi connectivity index (χ2v) is 7.25. The lowest BCUT2D eigenvalue weighted by atomic mass is 9.66. The second kappa shape index (κ2) is 4.83. The van der Waals surface area contributed by atoms with Gasteiger partial charge in [-0.3, -0.25) is 4.79 Å². The Morgan fingerprint density at radius 2 is 1.89 bits per heavy atom. The standard InChI is InChI=1S/C17H28O/c1-11-6-7-14-8-9-15(13(3)18)12(2)16(10-11)17(14,4)5/h11,14,16H,6-10H2,1-5H3/t11-,14-,16+/m1/s1. The van der Waals surface area contributed by atoms with Gasteiger partial charge in [-0.15, -0.1) is 0 Å². The molecule has 0 aromatic rings. The van der Waals surface area contributed by atoms with Gasteiger partial charge in [0.15, 0.2) is 5.78 Å². The van der Waals surface area contributed by atoms with E-state index in [4.69, 9.17) is 0 Å². The maximum absolute atomic E-state index is 11.9. The molecule has 0 aliphatic heterocycles. The molecule has 1 heteroatoms. The van der Waals surface area contributed by atoms with Crippen LogP contribution < -0.4 is 0 Å². The van der Waals surface area contributed by atoms with Crippen molar-refractivity contribution in [3.8, 4) is 0 Å². The summed E-state index contributed by atoms with van der Waals surface area (Å²) < 4.78 is 0. The summed E-state index contributed by atoms with van der Waals surface area (Å²) in [6.07, 6.45) is 6.21. The third-order valence-corrected chi connectivity index (χ3v) is 5.76. The first-order valence-corrected chi connectivity index (χ1v) is 7.54. The molecule has 3 atom stereocenters. The lowest BCUT2D eigenvalue weighted by molar-refractivity contribution is -0.113. The van der Waals surface area contributed by atoms with E-state index >= 15 is 0 Å². The Morgan fingerprint density at radius 3 is 2.50 bits per heavy atom. The van der Waals surface area contributed by atoms with Gasteiger partial charge in [0.25, 0.3) is 0 Å². The van der Waals surface area contributed by atoms with Crippen LogP contribution in [-0.4, -0.2) is 5.78 Å². The zero-order chi connectivity index (χ0) is 13.5. The molecule has 0 heterocycles. The summed E-state index contributed by atoms with van der Waals surface area (Å²) in [6, 6.07) is 0. The van der Waals surface area contributed by atoms with E-state index in [1.165, 1.54) is 31.3 Å². The number of Topliss-reactive ketones (excluding diaryl/α,β-unsaturated/α-hetero) is 1. The van der Waals surface area contributed by atoms with Crippen LogP contribution in [-0.2, 0) is 4.79 Å². The minimum Gasteiger partial charge on any atom is -0.295 e. The zero-order valence-corrected chi connectivity index (χ0v) is 12.7. The molecule has 2 rings (SSSR count). The van der Waals surface area contributed by atoms with Crippen LogP contribution in [0, 0.1) is 23.2 Å². The fourth-order valence-corrected chi connectivity index (χ4v) is 4.40. The Kier molecular flexibility index (Phi) is 3.71. The molecule has 0 radical (unpaired) electrons. The van der Waals surface area contributed by atoms with E-state index in [2.05, 4.69) is 27.7 Å². The Bertz CT molecular complexity index is 375. The van der Waals surface area contributed by atoms with Crippen molar-refractivity contribution in [3.05, 3.63) is 11.1 Å². The van der Waals surface area contributed by atoms with Gasteiger partial charge in [-0.05, 0) is 68.3 Å². The average Bonchev–Trinajstić information content (AvgIpc) is 2.43. The van der Waals surface area contributed by atoms with Crippen LogP contribution in [0.1, 0.15) is 66.7 Å². The Hall–Kier alpha value is -0.590.